The van der Waals surface area contributed by atoms with E-state index in [1.807, 2.05) is 0 Å². The average Bonchev–Trinajstić information content (AvgIpc) is 2.12. The van der Waals surface area contributed by atoms with Crippen LogP contribution in [0.2, 0.25) is 0 Å². The molecule has 0 atom stereocenters. The number of carbonyl (C=O) groups is 1. The summed E-state index contributed by atoms with van der Waals surface area (Å²) in [4.78, 5) is 11.2. The van der Waals surface area contributed by atoms with E-state index in [4.69, 9.17) is 11.0 Å². The van der Waals surface area contributed by atoms with E-state index in [1.54, 1.807) is 5.32 Å². The number of hydrogen-bond donors (Lipinski definition) is 1. The van der Waals surface area contributed by atoms with Crippen LogP contribution in [0.5, 0.6) is 0 Å². The zero-order valence-corrected chi connectivity index (χ0v) is 5.26. The van der Waals surface area contributed by atoms with Gasteiger partial charge in [0.15, 0.2) is 0 Å². The number of carbonyl (C=O) groups excluding carboxylic acids is 1. The molecule has 4 heteroatoms. The first-order chi connectivity index (χ1) is 7.81. The zero-order chi connectivity index (χ0) is 14.6. The number of amides is 1. The van der Waals surface area contributed by atoms with Gasteiger partial charge in [-0.3, -0.25) is 0 Å². The Balaban J connectivity index is 3.43. The third-order valence-corrected chi connectivity index (χ3v) is 0.818. The maximum Gasteiger partial charge on any atom is 0.409 e. The van der Waals surface area contributed by atoms with Gasteiger partial charge in [0.05, 0.1) is 12.6 Å². The molecule has 0 saturated carbocycles. The summed E-state index contributed by atoms with van der Waals surface area (Å²) < 4.78 is 63.7. The predicted molar refractivity (Wildman–Crippen MR) is 36.8 cm³/mol. The predicted octanol–water partition coefficient (Wildman–Crippen LogP) is -0.342. The van der Waals surface area contributed by atoms with Crippen molar-refractivity contribution < 1.29 is 20.5 Å². The molecule has 0 radical (unpaired) electrons. The minimum Gasteiger partial charge on any atom is -0.453 e. The lowest BCUT2D eigenvalue weighted by Gasteiger charge is -2.25. The lowest BCUT2D eigenvalue weighted by Crippen LogP contribution is -2.46. The number of nitrogens with zero attached hydrogens (tertiary/aromatic N) is 1. The van der Waals surface area contributed by atoms with Crippen LogP contribution in [0.4, 0.5) is 4.79 Å². The van der Waals surface area contributed by atoms with Gasteiger partial charge in [-0.1, -0.05) is 0 Å². The molecule has 58 valence electrons. The highest BCUT2D eigenvalue weighted by Gasteiger charge is 2.15. The Hall–Kier alpha value is -0.770. The normalized spacial score (nSPS) is 50.7. The topological polar surface area (TPSA) is 41.6 Å². The van der Waals surface area contributed by atoms with Crippen LogP contribution >= 0.6 is 0 Å². The lowest BCUT2D eigenvalue weighted by atomic mass is 10.4. The van der Waals surface area contributed by atoms with Crippen LogP contribution in [-0.2, 0) is 4.74 Å². The summed E-state index contributed by atoms with van der Waals surface area (Å²) >= 11 is 0. The van der Waals surface area contributed by atoms with Gasteiger partial charge < -0.3 is 15.0 Å². The van der Waals surface area contributed by atoms with Gasteiger partial charge in [-0.15, -0.1) is 0 Å². The highest BCUT2D eigenvalue weighted by atomic mass is 16.5. The first kappa shape index (κ1) is 2.11. The molecule has 0 aromatic heterocycles. The van der Waals surface area contributed by atoms with Crippen LogP contribution in [0.3, 0.4) is 0 Å². The van der Waals surface area contributed by atoms with E-state index < -0.39 is 32.1 Å². The highest BCUT2D eigenvalue weighted by molar-refractivity contribution is 5.67. The third-order valence-electron chi connectivity index (χ3n) is 0.818. The number of methoxy groups -OCH3 is 1. The van der Waals surface area contributed by atoms with E-state index in [-0.39, 0.29) is 4.90 Å². The minimum atomic E-state index is -3.13. The van der Waals surface area contributed by atoms with Crippen LogP contribution in [0.25, 0.3) is 0 Å². The third kappa shape index (κ3) is 1.60. The van der Waals surface area contributed by atoms with E-state index in [9.17, 15) is 4.79 Å². The summed E-state index contributed by atoms with van der Waals surface area (Å²) in [6, 6.07) is 0. The Morgan fingerprint density at radius 3 is 2.80 bits per heavy atom. The number of ether oxygens (including phenoxy) is 1. The molecule has 0 bridgehead atoms. The summed E-state index contributed by atoms with van der Waals surface area (Å²) in [7, 11) is 0.863. The van der Waals surface area contributed by atoms with E-state index in [0.29, 0.717) is 0 Å². The molecule has 0 aliphatic carbocycles. The quantitative estimate of drug-likeness (QED) is 0.516. The van der Waals surface area contributed by atoms with Crippen LogP contribution < -0.4 is 5.32 Å². The standard InChI is InChI=1S/C6H12N2O2/c1-10-6(9)8-4-2-7-3-5-8/h7H,2-5H2,1H3/i2D2,3D2,4D2,5D2. The van der Waals surface area contributed by atoms with Crippen molar-refractivity contribution in [2.45, 2.75) is 0 Å². The van der Waals surface area contributed by atoms with Gasteiger partial charge in [-0.25, -0.2) is 4.79 Å². The summed E-state index contributed by atoms with van der Waals surface area (Å²) in [5, 5.41) is 1.59. The molecule has 1 fully saturated rings. The molecular weight excluding hydrogens is 132 g/mol. The molecule has 1 aliphatic rings. The SMILES string of the molecule is [2H]C1([2H])NC([2H])([2H])C([2H])([2H])N(C(=O)OC)C1([2H])[2H]. The van der Waals surface area contributed by atoms with Gasteiger partial charge in [0.25, 0.3) is 0 Å². The Morgan fingerprint density at radius 2 is 2.30 bits per heavy atom. The molecule has 1 amide bonds. The molecule has 4 nitrogen and oxygen atoms in total. The summed E-state index contributed by atoms with van der Waals surface area (Å²) in [6.45, 7) is -12.2. The molecule has 1 saturated heterocycles. The maximum atomic E-state index is 11.4. The summed E-state index contributed by atoms with van der Waals surface area (Å²) in [5.41, 5.74) is 0. The highest BCUT2D eigenvalue weighted by Crippen LogP contribution is 1.94. The van der Waals surface area contributed by atoms with Gasteiger partial charge in [0.1, 0.15) is 0 Å². The van der Waals surface area contributed by atoms with Crippen molar-refractivity contribution in [1.29, 1.82) is 0 Å². The van der Waals surface area contributed by atoms with Crippen molar-refractivity contribution in [1.82, 2.24) is 10.2 Å². The molecule has 1 rings (SSSR count). The molecule has 1 heterocycles. The molecule has 1 aliphatic heterocycles. The molecule has 0 aromatic carbocycles. The maximum absolute atomic E-state index is 11.4. The van der Waals surface area contributed by atoms with Gasteiger partial charge >= 0.3 is 6.09 Å². The van der Waals surface area contributed by atoms with Crippen molar-refractivity contribution in [3.05, 3.63) is 0 Å². The van der Waals surface area contributed by atoms with Gasteiger partial charge in [-0.2, -0.15) is 0 Å². The van der Waals surface area contributed by atoms with Crippen molar-refractivity contribution in [3.8, 4) is 0 Å². The lowest BCUT2D eigenvalue weighted by molar-refractivity contribution is 0.118. The number of hydrogen-bond acceptors (Lipinski definition) is 3. The summed E-state index contributed by atoms with van der Waals surface area (Å²) in [5.74, 6) is 0. The Morgan fingerprint density at radius 1 is 1.70 bits per heavy atom. The van der Waals surface area contributed by atoms with Gasteiger partial charge in [-0.05, 0) is 0 Å². The van der Waals surface area contributed by atoms with Crippen LogP contribution in [0.15, 0.2) is 0 Å². The smallest absolute Gasteiger partial charge is 0.409 e. The molecule has 0 aromatic rings. The summed E-state index contributed by atoms with van der Waals surface area (Å²) in [6.07, 6.45) is -1.50. The first-order valence-corrected chi connectivity index (χ1v) is 2.49. The molecule has 0 unspecified atom stereocenters. The van der Waals surface area contributed by atoms with Crippen LogP contribution in [0.1, 0.15) is 11.0 Å². The molecule has 10 heavy (non-hydrogen) atoms. The number of nitrogens with one attached hydrogen (secondary N) is 1. The second-order valence-electron chi connectivity index (χ2n) is 1.40. The molecule has 1 N–H and O–H groups in total. The molecular formula is C6H12N2O2. The van der Waals surface area contributed by atoms with Crippen LogP contribution in [0, 0.1) is 0 Å². The van der Waals surface area contributed by atoms with Crippen LogP contribution in [-0.4, -0.2) is 44.1 Å². The number of rotatable bonds is 0. The monoisotopic (exact) mass is 152 g/mol. The zero-order valence-electron chi connectivity index (χ0n) is 13.3. The second-order valence-corrected chi connectivity index (χ2v) is 1.40. The largest absolute Gasteiger partial charge is 0.453 e. The fraction of sp³-hybridized carbons (Fsp3) is 0.833. The Labute approximate surface area is 71.4 Å². The molecule has 0 spiro atoms. The minimum absolute atomic E-state index is 0.212. The second kappa shape index (κ2) is 3.41. The number of piperazine rings is 1. The fourth-order valence-corrected chi connectivity index (χ4v) is 0.409. The Bertz CT molecular complexity index is 345. The van der Waals surface area contributed by atoms with Gasteiger partial charge in [0.2, 0.25) is 0 Å². The van der Waals surface area contributed by atoms with Crippen molar-refractivity contribution in [2.24, 2.45) is 0 Å². The van der Waals surface area contributed by atoms with Crippen molar-refractivity contribution in [2.75, 3.05) is 33.1 Å². The van der Waals surface area contributed by atoms with Gasteiger partial charge in [0, 0.05) is 31.5 Å². The van der Waals surface area contributed by atoms with E-state index in [1.165, 1.54) is 0 Å². The van der Waals surface area contributed by atoms with E-state index in [0.717, 1.165) is 7.11 Å². The van der Waals surface area contributed by atoms with Crippen molar-refractivity contribution in [3.63, 3.8) is 0 Å². The van der Waals surface area contributed by atoms with E-state index >= 15 is 0 Å². The first-order valence-electron chi connectivity index (χ1n) is 6.49. The van der Waals surface area contributed by atoms with Crippen molar-refractivity contribution >= 4 is 6.09 Å². The van der Waals surface area contributed by atoms with E-state index in [2.05, 4.69) is 4.74 Å². The average molecular weight is 152 g/mol. The Kier molecular flexibility index (Phi) is 0.718. The fourth-order valence-electron chi connectivity index (χ4n) is 0.409.